The number of allylic oxidation sites excluding steroid dienone is 1. The van der Waals surface area contributed by atoms with Gasteiger partial charge in [-0.3, -0.25) is 4.98 Å². The first-order valence-electron chi connectivity index (χ1n) is 9.73. The number of dihydropyridines is 1. The Labute approximate surface area is 178 Å². The van der Waals surface area contributed by atoms with Crippen LogP contribution < -0.4 is 21.1 Å². The first-order chi connectivity index (χ1) is 15.0. The third-order valence-electron chi connectivity index (χ3n) is 4.94. The molecule has 0 radical (unpaired) electrons. The number of anilines is 1. The molecule has 1 saturated heterocycles. The van der Waals surface area contributed by atoms with Crippen molar-refractivity contribution in [3.8, 4) is 0 Å². The zero-order valence-electron chi connectivity index (χ0n) is 16.6. The van der Waals surface area contributed by atoms with Gasteiger partial charge in [0.2, 0.25) is 0 Å². The molecule has 0 amide bonds. The van der Waals surface area contributed by atoms with Gasteiger partial charge in [-0.05, 0) is 42.1 Å². The highest BCUT2D eigenvalue weighted by Crippen LogP contribution is 2.27. The minimum atomic E-state index is -2.64. The molecule has 9 heteroatoms. The Morgan fingerprint density at radius 1 is 1.26 bits per heavy atom. The monoisotopic (exact) mass is 429 g/mol. The molecular formula is C22H22F3N5O. The SMILES string of the molecule is C=C(C1=CCNC=C1)N(Cc1ccc(C2NNC(C(F)F)O2)cn1)c1cccc(F)c1. The lowest BCUT2D eigenvalue weighted by Gasteiger charge is -2.28. The Bertz CT molecular complexity index is 993. The van der Waals surface area contributed by atoms with Crippen molar-refractivity contribution < 1.29 is 17.9 Å². The second-order valence-electron chi connectivity index (χ2n) is 7.06. The molecule has 0 spiro atoms. The van der Waals surface area contributed by atoms with E-state index in [1.165, 1.54) is 12.1 Å². The summed E-state index contributed by atoms with van der Waals surface area (Å²) in [5.74, 6) is -0.348. The minimum Gasteiger partial charge on any atom is -0.387 e. The predicted molar refractivity (Wildman–Crippen MR) is 111 cm³/mol. The number of hydrazine groups is 1. The van der Waals surface area contributed by atoms with Crippen LogP contribution in [0.3, 0.4) is 0 Å². The van der Waals surface area contributed by atoms with Crippen LogP contribution in [-0.4, -0.2) is 24.2 Å². The van der Waals surface area contributed by atoms with Crippen molar-refractivity contribution in [2.75, 3.05) is 11.4 Å². The van der Waals surface area contributed by atoms with Gasteiger partial charge >= 0.3 is 0 Å². The maximum atomic E-state index is 13.9. The number of rotatable bonds is 7. The lowest BCUT2D eigenvalue weighted by molar-refractivity contribution is -0.0600. The van der Waals surface area contributed by atoms with E-state index >= 15 is 0 Å². The van der Waals surface area contributed by atoms with Gasteiger partial charge in [0.25, 0.3) is 6.43 Å². The molecule has 0 saturated carbocycles. The molecule has 1 aromatic carbocycles. The first-order valence-corrected chi connectivity index (χ1v) is 9.73. The highest BCUT2D eigenvalue weighted by atomic mass is 19.3. The lowest BCUT2D eigenvalue weighted by Crippen LogP contribution is -2.35. The van der Waals surface area contributed by atoms with Crippen molar-refractivity contribution in [3.63, 3.8) is 0 Å². The van der Waals surface area contributed by atoms with Crippen molar-refractivity contribution in [1.82, 2.24) is 21.2 Å². The van der Waals surface area contributed by atoms with E-state index in [9.17, 15) is 13.2 Å². The van der Waals surface area contributed by atoms with E-state index in [0.29, 0.717) is 35.7 Å². The summed E-state index contributed by atoms with van der Waals surface area (Å²) in [6.07, 6.45) is 2.58. The zero-order valence-corrected chi connectivity index (χ0v) is 16.6. The maximum Gasteiger partial charge on any atom is 0.278 e. The summed E-state index contributed by atoms with van der Waals surface area (Å²) >= 11 is 0. The normalized spacial score (nSPS) is 20.5. The van der Waals surface area contributed by atoms with Gasteiger partial charge < -0.3 is 15.0 Å². The van der Waals surface area contributed by atoms with E-state index in [4.69, 9.17) is 4.74 Å². The van der Waals surface area contributed by atoms with Crippen LogP contribution in [0.4, 0.5) is 18.9 Å². The molecule has 2 unspecified atom stereocenters. The van der Waals surface area contributed by atoms with Crippen molar-refractivity contribution in [2.45, 2.75) is 25.4 Å². The standard InChI is InChI=1S/C22H22F3N5O/c1-14(15-7-9-26-10-8-15)30(19-4-2-3-17(23)11-19)13-18-6-5-16(12-27-18)21-28-29-22(31-21)20(24)25/h2-9,11-12,20-22,26,28-29H,1,10,13H2. The number of nitrogens with one attached hydrogen (secondary N) is 3. The average molecular weight is 429 g/mol. The number of ether oxygens (including phenoxy) is 1. The molecule has 0 aliphatic carbocycles. The van der Waals surface area contributed by atoms with Gasteiger partial charge in [-0.15, -0.1) is 0 Å². The third kappa shape index (κ3) is 4.96. The molecule has 2 aliphatic rings. The van der Waals surface area contributed by atoms with Crippen LogP contribution in [0, 0.1) is 5.82 Å². The first kappa shape index (κ1) is 21.1. The minimum absolute atomic E-state index is 0.345. The van der Waals surface area contributed by atoms with Crippen LogP contribution in [0.15, 0.2) is 78.8 Å². The van der Waals surface area contributed by atoms with E-state index in [1.54, 1.807) is 30.5 Å². The van der Waals surface area contributed by atoms with Gasteiger partial charge in [0.1, 0.15) is 5.82 Å². The van der Waals surface area contributed by atoms with Crippen LogP contribution >= 0.6 is 0 Å². The van der Waals surface area contributed by atoms with Gasteiger partial charge in [-0.25, -0.2) is 24.0 Å². The van der Waals surface area contributed by atoms with E-state index in [-0.39, 0.29) is 5.82 Å². The fraction of sp³-hybridized carbons (Fsp3) is 0.227. The molecule has 4 rings (SSSR count). The molecule has 2 aliphatic heterocycles. The Morgan fingerprint density at radius 3 is 2.77 bits per heavy atom. The number of nitrogens with zero attached hydrogens (tertiary/aromatic N) is 2. The summed E-state index contributed by atoms with van der Waals surface area (Å²) in [5.41, 5.74) is 8.67. The Balaban J connectivity index is 1.53. The predicted octanol–water partition coefficient (Wildman–Crippen LogP) is 3.50. The highest BCUT2D eigenvalue weighted by Gasteiger charge is 2.32. The second kappa shape index (κ2) is 9.34. The van der Waals surface area contributed by atoms with E-state index < -0.39 is 18.9 Å². The fourth-order valence-corrected chi connectivity index (χ4v) is 3.31. The fourth-order valence-electron chi connectivity index (χ4n) is 3.31. The second-order valence-corrected chi connectivity index (χ2v) is 7.06. The molecule has 3 heterocycles. The smallest absolute Gasteiger partial charge is 0.278 e. The third-order valence-corrected chi connectivity index (χ3v) is 4.94. The lowest BCUT2D eigenvalue weighted by atomic mass is 10.1. The van der Waals surface area contributed by atoms with Crippen LogP contribution in [0.1, 0.15) is 17.5 Å². The Morgan fingerprint density at radius 2 is 2.13 bits per heavy atom. The van der Waals surface area contributed by atoms with Gasteiger partial charge in [-0.1, -0.05) is 24.8 Å². The van der Waals surface area contributed by atoms with Gasteiger partial charge in [0.05, 0.1) is 12.2 Å². The van der Waals surface area contributed by atoms with Gasteiger partial charge in [0.15, 0.2) is 12.5 Å². The van der Waals surface area contributed by atoms with Crippen molar-refractivity contribution >= 4 is 5.69 Å². The van der Waals surface area contributed by atoms with E-state index in [1.807, 2.05) is 23.3 Å². The summed E-state index contributed by atoms with van der Waals surface area (Å²) in [6.45, 7) is 5.23. The van der Waals surface area contributed by atoms with E-state index in [2.05, 4.69) is 27.7 Å². The summed E-state index contributed by atoms with van der Waals surface area (Å²) in [7, 11) is 0. The summed E-state index contributed by atoms with van der Waals surface area (Å²) in [4.78, 5) is 6.33. The molecule has 162 valence electrons. The maximum absolute atomic E-state index is 13.9. The highest BCUT2D eigenvalue weighted by molar-refractivity contribution is 5.59. The van der Waals surface area contributed by atoms with Crippen LogP contribution in [0.5, 0.6) is 0 Å². The number of aromatic nitrogens is 1. The van der Waals surface area contributed by atoms with E-state index in [0.717, 1.165) is 5.57 Å². The molecule has 31 heavy (non-hydrogen) atoms. The summed E-state index contributed by atoms with van der Waals surface area (Å²) < 4.78 is 44.6. The Kier molecular flexibility index (Phi) is 6.36. The van der Waals surface area contributed by atoms with Crippen LogP contribution in [-0.2, 0) is 11.3 Å². The summed E-state index contributed by atoms with van der Waals surface area (Å²) in [6, 6.07) is 9.81. The van der Waals surface area contributed by atoms with Crippen molar-refractivity contribution in [1.29, 1.82) is 0 Å². The van der Waals surface area contributed by atoms with Crippen molar-refractivity contribution in [3.05, 3.63) is 95.9 Å². The quantitative estimate of drug-likeness (QED) is 0.627. The van der Waals surface area contributed by atoms with Crippen LogP contribution in [0.25, 0.3) is 0 Å². The number of alkyl halides is 2. The van der Waals surface area contributed by atoms with Gasteiger partial charge in [0, 0.05) is 29.7 Å². The molecule has 0 bridgehead atoms. The number of benzene rings is 1. The van der Waals surface area contributed by atoms with Crippen LogP contribution in [0.2, 0.25) is 0 Å². The van der Waals surface area contributed by atoms with Crippen molar-refractivity contribution in [2.24, 2.45) is 0 Å². The Hall–Kier alpha value is -3.14. The number of hydrogen-bond acceptors (Lipinski definition) is 6. The zero-order chi connectivity index (χ0) is 21.8. The number of halogens is 3. The molecule has 6 nitrogen and oxygen atoms in total. The molecule has 1 aromatic heterocycles. The number of hydrogen-bond donors (Lipinski definition) is 3. The molecule has 2 atom stereocenters. The number of pyridine rings is 1. The molecule has 1 fully saturated rings. The molecule has 2 aromatic rings. The topological polar surface area (TPSA) is 61.5 Å². The van der Waals surface area contributed by atoms with Gasteiger partial charge in [-0.2, -0.15) is 0 Å². The molecule has 3 N–H and O–H groups in total. The molecular weight excluding hydrogens is 407 g/mol. The largest absolute Gasteiger partial charge is 0.387 e. The average Bonchev–Trinajstić information content (AvgIpc) is 3.29. The summed E-state index contributed by atoms with van der Waals surface area (Å²) in [5, 5.41) is 3.09.